The van der Waals surface area contributed by atoms with Gasteiger partial charge in [0.25, 0.3) is 0 Å². The Morgan fingerprint density at radius 1 is 1.08 bits per heavy atom. The van der Waals surface area contributed by atoms with Crippen LogP contribution in [0.5, 0.6) is 0 Å². The van der Waals surface area contributed by atoms with Gasteiger partial charge in [0.15, 0.2) is 11.5 Å². The maximum atomic E-state index is 4.73. The quantitative estimate of drug-likeness (QED) is 0.724. The minimum absolute atomic E-state index is 0.595. The zero-order valence-corrected chi connectivity index (χ0v) is 14.5. The molecule has 0 amide bonds. The van der Waals surface area contributed by atoms with Crippen molar-refractivity contribution in [3.63, 3.8) is 0 Å². The zero-order valence-electron chi connectivity index (χ0n) is 14.5. The number of hydrogen-bond acceptors (Lipinski definition) is 6. The maximum absolute atomic E-state index is 4.73. The van der Waals surface area contributed by atoms with Gasteiger partial charge in [-0.3, -0.25) is 9.88 Å². The van der Waals surface area contributed by atoms with E-state index in [2.05, 4.69) is 44.0 Å². The normalized spacial score (nSPS) is 23.0. The van der Waals surface area contributed by atoms with Crippen molar-refractivity contribution >= 4 is 11.5 Å². The van der Waals surface area contributed by atoms with Crippen LogP contribution in [-0.2, 0) is 6.54 Å². The van der Waals surface area contributed by atoms with Crippen LogP contribution in [0.4, 0.5) is 5.82 Å². The topological polar surface area (TPSA) is 62.5 Å². The van der Waals surface area contributed by atoms with E-state index in [0.717, 1.165) is 42.6 Å². The first-order chi connectivity index (χ1) is 12.2. The fraction of sp³-hybridized carbons (Fsp3) is 0.444. The van der Waals surface area contributed by atoms with E-state index in [0.29, 0.717) is 12.1 Å². The third-order valence-electron chi connectivity index (χ3n) is 5.54. The summed E-state index contributed by atoms with van der Waals surface area (Å²) in [5.74, 6) is 1.84. The largest absolute Gasteiger partial charge is 0.352 e. The molecule has 0 N–H and O–H groups in total. The predicted octanol–water partition coefficient (Wildman–Crippen LogP) is 1.60. The molecule has 2 bridgehead atoms. The fourth-order valence-electron chi connectivity index (χ4n) is 4.07. The van der Waals surface area contributed by atoms with Gasteiger partial charge < -0.3 is 4.90 Å². The van der Waals surface area contributed by atoms with Gasteiger partial charge in [0.2, 0.25) is 0 Å². The molecule has 6 heterocycles. The van der Waals surface area contributed by atoms with E-state index in [4.69, 9.17) is 5.10 Å². The Kier molecular flexibility index (Phi) is 3.24. The molecule has 0 spiro atoms. The lowest BCUT2D eigenvalue weighted by atomic mass is 9.86. The molecule has 6 rings (SSSR count). The van der Waals surface area contributed by atoms with Crippen molar-refractivity contribution in [3.8, 4) is 0 Å². The molecule has 3 aliphatic rings. The number of piperazine rings is 1. The molecule has 7 heteroatoms. The second-order valence-electron chi connectivity index (χ2n) is 7.08. The minimum Gasteiger partial charge on any atom is -0.352 e. The molecule has 25 heavy (non-hydrogen) atoms. The van der Waals surface area contributed by atoms with Crippen molar-refractivity contribution in [2.45, 2.75) is 38.9 Å². The average Bonchev–Trinajstić information content (AvgIpc) is 3.01. The van der Waals surface area contributed by atoms with Gasteiger partial charge in [-0.05, 0) is 44.0 Å². The van der Waals surface area contributed by atoms with Gasteiger partial charge in [-0.15, -0.1) is 15.3 Å². The van der Waals surface area contributed by atoms with Crippen LogP contribution in [0.1, 0.15) is 23.5 Å². The van der Waals surface area contributed by atoms with Crippen LogP contribution in [0.3, 0.4) is 0 Å². The van der Waals surface area contributed by atoms with E-state index in [-0.39, 0.29) is 0 Å². The molecule has 0 aromatic carbocycles. The smallest absolute Gasteiger partial charge is 0.178 e. The first-order valence-electron chi connectivity index (χ1n) is 8.79. The van der Waals surface area contributed by atoms with Crippen LogP contribution in [-0.4, -0.2) is 54.9 Å². The third kappa shape index (κ3) is 2.38. The van der Waals surface area contributed by atoms with Gasteiger partial charge in [0.05, 0.1) is 0 Å². The average molecular weight is 335 g/mol. The number of anilines is 1. The molecule has 3 aromatic rings. The van der Waals surface area contributed by atoms with Gasteiger partial charge in [0.1, 0.15) is 5.82 Å². The first kappa shape index (κ1) is 14.8. The predicted molar refractivity (Wildman–Crippen MR) is 94.4 cm³/mol. The highest BCUT2D eigenvalue weighted by atomic mass is 15.4. The summed E-state index contributed by atoms with van der Waals surface area (Å²) >= 11 is 0. The molecule has 3 saturated heterocycles. The summed E-state index contributed by atoms with van der Waals surface area (Å²) in [4.78, 5) is 9.42. The highest BCUT2D eigenvalue weighted by molar-refractivity contribution is 5.47. The second kappa shape index (κ2) is 5.49. The number of rotatable bonds is 3. The zero-order chi connectivity index (χ0) is 17.0. The standard InChI is InChI=1S/C18H21N7/c1-12-14(4-3-7-19-12)9-24-15-8-16(24)11-23(10-15)18-6-5-17-21-20-13(2)25(17)22-18/h3-7,15-16H,8-11H2,1-2H3. The van der Waals surface area contributed by atoms with E-state index < -0.39 is 0 Å². The molecule has 2 unspecified atom stereocenters. The summed E-state index contributed by atoms with van der Waals surface area (Å²) in [6, 6.07) is 9.47. The molecule has 3 fully saturated rings. The molecule has 7 nitrogen and oxygen atoms in total. The van der Waals surface area contributed by atoms with Crippen molar-refractivity contribution in [3.05, 3.63) is 47.5 Å². The van der Waals surface area contributed by atoms with Gasteiger partial charge in [-0.1, -0.05) is 6.07 Å². The van der Waals surface area contributed by atoms with Crippen molar-refractivity contribution in [1.29, 1.82) is 0 Å². The third-order valence-corrected chi connectivity index (χ3v) is 5.54. The summed E-state index contributed by atoms with van der Waals surface area (Å²) < 4.78 is 1.83. The molecule has 2 atom stereocenters. The number of hydrogen-bond donors (Lipinski definition) is 0. The minimum atomic E-state index is 0.595. The van der Waals surface area contributed by atoms with Crippen LogP contribution in [0.25, 0.3) is 5.65 Å². The lowest BCUT2D eigenvalue weighted by Crippen LogP contribution is -2.68. The van der Waals surface area contributed by atoms with Gasteiger partial charge in [0, 0.05) is 43.6 Å². The summed E-state index contributed by atoms with van der Waals surface area (Å²) in [7, 11) is 0. The highest BCUT2D eigenvalue weighted by Crippen LogP contribution is 2.35. The number of aryl methyl sites for hydroxylation is 2. The Bertz CT molecular complexity index is 922. The molecule has 0 radical (unpaired) electrons. The van der Waals surface area contributed by atoms with Crippen LogP contribution < -0.4 is 4.90 Å². The van der Waals surface area contributed by atoms with Crippen molar-refractivity contribution in [2.75, 3.05) is 18.0 Å². The van der Waals surface area contributed by atoms with Crippen LogP contribution >= 0.6 is 0 Å². The highest BCUT2D eigenvalue weighted by Gasteiger charge is 2.44. The van der Waals surface area contributed by atoms with Crippen LogP contribution in [0.2, 0.25) is 0 Å². The lowest BCUT2D eigenvalue weighted by molar-refractivity contribution is -0.00896. The SMILES string of the molecule is Cc1ncccc1CN1C2CC1CN(c1ccc3nnc(C)n3n1)C2. The fourth-order valence-corrected chi connectivity index (χ4v) is 4.07. The lowest BCUT2D eigenvalue weighted by Gasteiger charge is -2.56. The van der Waals surface area contributed by atoms with Gasteiger partial charge >= 0.3 is 0 Å². The van der Waals surface area contributed by atoms with E-state index >= 15 is 0 Å². The Morgan fingerprint density at radius 3 is 2.72 bits per heavy atom. The second-order valence-corrected chi connectivity index (χ2v) is 7.08. The Morgan fingerprint density at radius 2 is 1.92 bits per heavy atom. The maximum Gasteiger partial charge on any atom is 0.178 e. The number of fused-ring (bicyclic) bond motifs is 3. The summed E-state index contributed by atoms with van der Waals surface area (Å²) in [5, 5.41) is 12.9. The Balaban J connectivity index is 1.33. The molecule has 3 aliphatic heterocycles. The Hall–Kier alpha value is -2.54. The molecule has 0 aliphatic carbocycles. The van der Waals surface area contributed by atoms with Crippen LogP contribution in [0, 0.1) is 13.8 Å². The van der Waals surface area contributed by atoms with E-state index in [9.17, 15) is 0 Å². The van der Waals surface area contributed by atoms with E-state index in [1.165, 1.54) is 12.0 Å². The Labute approximate surface area is 146 Å². The number of pyridine rings is 1. The first-order valence-corrected chi connectivity index (χ1v) is 8.79. The molecular weight excluding hydrogens is 314 g/mol. The molecular formula is C18H21N7. The van der Waals surface area contributed by atoms with Crippen molar-refractivity contribution < 1.29 is 0 Å². The molecule has 128 valence electrons. The number of nitrogens with zero attached hydrogens (tertiary/aromatic N) is 7. The number of aromatic nitrogens is 5. The summed E-state index contributed by atoms with van der Waals surface area (Å²) in [6.45, 7) is 7.07. The molecule has 0 saturated carbocycles. The number of piperidine rings is 1. The van der Waals surface area contributed by atoms with Crippen molar-refractivity contribution in [1.82, 2.24) is 29.7 Å². The van der Waals surface area contributed by atoms with E-state index in [1.54, 1.807) is 0 Å². The van der Waals surface area contributed by atoms with Crippen molar-refractivity contribution in [2.24, 2.45) is 0 Å². The monoisotopic (exact) mass is 335 g/mol. The van der Waals surface area contributed by atoms with Gasteiger partial charge in [-0.25, -0.2) is 0 Å². The molecule has 3 aromatic heterocycles. The van der Waals surface area contributed by atoms with Gasteiger partial charge in [-0.2, -0.15) is 4.52 Å². The van der Waals surface area contributed by atoms with Crippen LogP contribution in [0.15, 0.2) is 30.5 Å². The van der Waals surface area contributed by atoms with E-state index in [1.807, 2.05) is 29.8 Å². The summed E-state index contributed by atoms with van der Waals surface area (Å²) in [6.07, 6.45) is 3.15. The summed E-state index contributed by atoms with van der Waals surface area (Å²) in [5.41, 5.74) is 3.28.